The number of aliphatic hydroxyl groups is 1. The number of oxime groups is 2. The van der Waals surface area contributed by atoms with E-state index in [1.165, 1.54) is 63.0 Å². The van der Waals surface area contributed by atoms with Gasteiger partial charge in [0.05, 0.1) is 57.1 Å². The van der Waals surface area contributed by atoms with Crippen molar-refractivity contribution in [2.45, 2.75) is 20.8 Å². The van der Waals surface area contributed by atoms with Crippen molar-refractivity contribution < 1.29 is 50.6 Å². The Morgan fingerprint density at radius 1 is 0.710 bits per heavy atom. The van der Waals surface area contributed by atoms with Gasteiger partial charge in [0.1, 0.15) is 37.2 Å². The maximum atomic E-state index is 12.5. The number of aromatic nitrogens is 4. The van der Waals surface area contributed by atoms with Gasteiger partial charge >= 0.3 is 11.0 Å². The molecule has 0 aliphatic rings. The fourth-order valence-corrected chi connectivity index (χ4v) is 6.62. The van der Waals surface area contributed by atoms with E-state index < -0.39 is 11.0 Å². The molecule has 3 aromatic heterocycles. The average Bonchev–Trinajstić information content (AvgIpc) is 3.62. The number of aliphatic imine (C=N–C) groups is 1. The summed E-state index contributed by atoms with van der Waals surface area (Å²) < 4.78 is 86.7. The van der Waals surface area contributed by atoms with Gasteiger partial charge in [-0.15, -0.1) is 0 Å². The number of nitrogens with one attached hydrogen (secondary N) is 2. The lowest BCUT2D eigenvalue weighted by Gasteiger charge is -2.09. The quantitative estimate of drug-likeness (QED) is 0.0201. The third-order valence-corrected chi connectivity index (χ3v) is 9.86. The Balaban J connectivity index is 0.000000245. The molecule has 7 aromatic rings. The van der Waals surface area contributed by atoms with Crippen molar-refractivity contribution in [3.05, 3.63) is 133 Å². The molecule has 0 aliphatic heterocycles. The zero-order valence-electron chi connectivity index (χ0n) is 37.0. The Morgan fingerprint density at radius 3 is 1.68 bits per heavy atom. The lowest BCUT2D eigenvalue weighted by atomic mass is 10.2. The Morgan fingerprint density at radius 2 is 1.20 bits per heavy atom. The fourth-order valence-electron chi connectivity index (χ4n) is 5.44. The van der Waals surface area contributed by atoms with Crippen molar-refractivity contribution in [3.63, 3.8) is 0 Å². The van der Waals surface area contributed by atoms with Gasteiger partial charge in [-0.2, -0.15) is 31.3 Å². The first-order valence-electron chi connectivity index (χ1n) is 19.5. The first kappa shape index (κ1) is 54.2. The summed E-state index contributed by atoms with van der Waals surface area (Å²) in [7, 11) is 7.58. The Hall–Kier alpha value is -7.37. The average molecular weight is 1010 g/mol. The second kappa shape index (κ2) is 26.8. The second-order valence-corrected chi connectivity index (χ2v) is 15.4. The summed E-state index contributed by atoms with van der Waals surface area (Å²) in [5.41, 5.74) is 2.69. The summed E-state index contributed by atoms with van der Waals surface area (Å²) in [4.78, 5) is 26.0. The first-order valence-corrected chi connectivity index (χ1v) is 21.5. The van der Waals surface area contributed by atoms with E-state index in [-0.39, 0.29) is 33.3 Å². The molecule has 0 bridgehead atoms. The van der Waals surface area contributed by atoms with Gasteiger partial charge in [-0.25, -0.2) is 4.98 Å². The highest BCUT2D eigenvalue weighted by atomic mass is 32.2. The number of nitrogens with two attached hydrogens (primary N) is 1. The van der Waals surface area contributed by atoms with Crippen LogP contribution in [-0.2, 0) is 16.7 Å². The Bertz CT molecular complexity index is 2830. The number of pyridine rings is 2. The molecule has 0 fully saturated rings. The number of hydrogen-bond acceptors (Lipinski definition) is 17. The Kier molecular flexibility index (Phi) is 21.1. The number of rotatable bonds is 14. The minimum absolute atomic E-state index is 0.118. The molecule has 7 rings (SSSR count). The largest absolute Gasteiger partial charge is 0.457 e. The fraction of sp³-hybridized carbons (Fsp3) is 0.156. The van der Waals surface area contributed by atoms with Crippen molar-refractivity contribution in [2.75, 3.05) is 44.7 Å². The van der Waals surface area contributed by atoms with Crippen LogP contribution in [0.2, 0.25) is 0 Å². The van der Waals surface area contributed by atoms with Gasteiger partial charge in [0, 0.05) is 73.3 Å². The molecule has 5 N–H and O–H groups in total. The number of anilines is 4. The van der Waals surface area contributed by atoms with E-state index in [9.17, 15) is 26.3 Å². The molecule has 69 heavy (non-hydrogen) atoms. The molecular formula is C45H42F6N10O5S3. The molecule has 0 amide bonds. The van der Waals surface area contributed by atoms with Gasteiger partial charge in [0.15, 0.2) is 0 Å². The standard InChI is InChI=1S/C22H18F3N5O2S.C14H16N4O2.C8H4F3NS2.CH4O/c1-30-20-8-5-16(32-17-9-10-26-15(11-17)13-27-31-2)12-19(20)29-21(30)28-14-3-6-18(7-4-14)33-22(23,24)25;1-16-14-4-3-11(8-13(14)15)20-12-5-6-17-10(7-12)9-18-19-2;9-8(10,11)14-7-3-1-6(2-4-7)12-5-13;1-2/h3-13H,1-2H3,(H,28,29);3-9,16H,15H2,1-2H3;1-4H;2H,1H3/b27-13-;18-9-;;. The zero-order valence-corrected chi connectivity index (χ0v) is 39.4. The summed E-state index contributed by atoms with van der Waals surface area (Å²) in [5, 5.41) is 22.6. The zero-order chi connectivity index (χ0) is 50.4. The minimum atomic E-state index is -4.32. The third-order valence-electron chi connectivity index (χ3n) is 8.29. The van der Waals surface area contributed by atoms with Crippen LogP contribution in [0.15, 0.2) is 147 Å². The van der Waals surface area contributed by atoms with Gasteiger partial charge in [0.25, 0.3) is 0 Å². The van der Waals surface area contributed by atoms with E-state index in [1.54, 1.807) is 60.9 Å². The summed E-state index contributed by atoms with van der Waals surface area (Å²) in [5.74, 6) is 3.01. The van der Waals surface area contributed by atoms with E-state index in [4.69, 9.17) is 20.3 Å². The number of isothiocyanates is 1. The van der Waals surface area contributed by atoms with Crippen LogP contribution < -0.4 is 25.8 Å². The summed E-state index contributed by atoms with van der Waals surface area (Å²) in [6.45, 7) is 0. The molecule has 0 radical (unpaired) electrons. The molecule has 3 heterocycles. The minimum Gasteiger partial charge on any atom is -0.457 e. The van der Waals surface area contributed by atoms with Crippen molar-refractivity contribution >= 4 is 93.1 Å². The maximum absolute atomic E-state index is 12.5. The number of hydrogen-bond donors (Lipinski definition) is 4. The van der Waals surface area contributed by atoms with Crippen LogP contribution in [-0.4, -0.2) is 81.6 Å². The number of nitrogens with zero attached hydrogens (tertiary/aromatic N) is 7. The van der Waals surface area contributed by atoms with E-state index in [0.717, 1.165) is 18.3 Å². The van der Waals surface area contributed by atoms with Crippen molar-refractivity contribution in [3.8, 4) is 23.0 Å². The van der Waals surface area contributed by atoms with Crippen molar-refractivity contribution in [2.24, 2.45) is 22.4 Å². The molecule has 0 atom stereocenters. The number of aryl methyl sites for hydroxylation is 1. The van der Waals surface area contributed by atoms with Crippen LogP contribution in [0.5, 0.6) is 23.0 Å². The number of imidazole rings is 1. The van der Waals surface area contributed by atoms with Gasteiger partial charge in [-0.1, -0.05) is 10.3 Å². The predicted octanol–water partition coefficient (Wildman–Crippen LogP) is 12.2. The molecule has 0 unspecified atom stereocenters. The van der Waals surface area contributed by atoms with E-state index in [1.807, 2.05) is 42.9 Å². The van der Waals surface area contributed by atoms with Gasteiger partial charge in [-0.05, 0) is 121 Å². The molecule has 4 aromatic carbocycles. The van der Waals surface area contributed by atoms with Crippen LogP contribution in [0.25, 0.3) is 11.0 Å². The topological polar surface area (TPSA) is 188 Å². The van der Waals surface area contributed by atoms with Gasteiger partial charge < -0.3 is 45.2 Å². The molecule has 0 saturated carbocycles. The lowest BCUT2D eigenvalue weighted by Crippen LogP contribution is -2.00. The molecule has 15 nitrogen and oxygen atoms in total. The summed E-state index contributed by atoms with van der Waals surface area (Å²) in [6.07, 6.45) is 6.22. The number of thioether (sulfide) groups is 2. The van der Waals surface area contributed by atoms with Gasteiger partial charge in [0.2, 0.25) is 5.95 Å². The smallest absolute Gasteiger partial charge is 0.446 e. The summed E-state index contributed by atoms with van der Waals surface area (Å²) >= 11 is 4.04. The van der Waals surface area contributed by atoms with E-state index in [2.05, 4.69) is 67.9 Å². The maximum Gasteiger partial charge on any atom is 0.446 e. The van der Waals surface area contributed by atoms with E-state index >= 15 is 0 Å². The number of nitrogen functional groups attached to an aromatic ring is 1. The number of thiocarbonyl (C=S) groups is 1. The SMILES string of the molecule is CNc1ccc(Oc2ccnc(/C=N\OC)c2)cc1N.CO.CO/N=C\c1cc(Oc2ccc3c(c2)nc(Nc2ccc(SC(F)(F)F)cc2)n3C)ccn1.FC(F)(F)Sc1ccc(N=C=S)cc1. The molecule has 0 aliphatic carbocycles. The predicted molar refractivity (Wildman–Crippen MR) is 262 cm³/mol. The monoisotopic (exact) mass is 1010 g/mol. The third kappa shape index (κ3) is 18.7. The molecule has 0 saturated heterocycles. The molecule has 0 spiro atoms. The number of alkyl halides is 6. The highest BCUT2D eigenvalue weighted by molar-refractivity contribution is 8.00. The van der Waals surface area contributed by atoms with Crippen LogP contribution in [0.1, 0.15) is 11.4 Å². The van der Waals surface area contributed by atoms with Crippen molar-refractivity contribution in [1.82, 2.24) is 19.5 Å². The summed E-state index contributed by atoms with van der Waals surface area (Å²) in [6, 6.07) is 29.5. The highest BCUT2D eigenvalue weighted by Gasteiger charge is 2.29. The number of ether oxygens (including phenoxy) is 2. The van der Waals surface area contributed by atoms with Crippen LogP contribution >= 0.6 is 35.7 Å². The van der Waals surface area contributed by atoms with Crippen LogP contribution in [0, 0.1) is 0 Å². The van der Waals surface area contributed by atoms with Crippen LogP contribution in [0.4, 0.5) is 55.0 Å². The number of halogens is 6. The lowest BCUT2D eigenvalue weighted by molar-refractivity contribution is -0.0337. The van der Waals surface area contributed by atoms with Gasteiger partial charge in [-0.3, -0.25) is 9.97 Å². The van der Waals surface area contributed by atoms with Crippen LogP contribution in [0.3, 0.4) is 0 Å². The number of aliphatic hydroxyl groups excluding tert-OH is 1. The Labute approximate surface area is 405 Å². The molecular weight excluding hydrogens is 971 g/mol. The first-order chi connectivity index (χ1) is 33.0. The molecule has 24 heteroatoms. The normalized spacial score (nSPS) is 11.0. The second-order valence-electron chi connectivity index (χ2n) is 13.0. The molecule has 362 valence electrons. The highest BCUT2D eigenvalue weighted by Crippen LogP contribution is 2.38. The number of fused-ring (bicyclic) bond motifs is 1. The number of benzene rings is 4. The van der Waals surface area contributed by atoms with Crippen molar-refractivity contribution in [1.29, 1.82) is 0 Å². The van der Waals surface area contributed by atoms with E-state index in [0.29, 0.717) is 62.9 Å².